The summed E-state index contributed by atoms with van der Waals surface area (Å²) in [5, 5.41) is 5.45. The van der Waals surface area contributed by atoms with Crippen molar-refractivity contribution in [2.24, 2.45) is 0 Å². The van der Waals surface area contributed by atoms with Gasteiger partial charge < -0.3 is 5.32 Å². The average Bonchev–Trinajstić information content (AvgIpc) is 2.36. The molecule has 0 unspecified atom stereocenters. The lowest BCUT2D eigenvalue weighted by molar-refractivity contribution is 0.207. The van der Waals surface area contributed by atoms with E-state index in [4.69, 9.17) is 11.6 Å². The highest BCUT2D eigenvalue weighted by molar-refractivity contribution is 6.35. The van der Waals surface area contributed by atoms with Gasteiger partial charge in [0, 0.05) is 28.7 Å². The molecule has 1 aromatic carbocycles. The predicted molar refractivity (Wildman–Crippen MR) is 75.8 cm³/mol. The van der Waals surface area contributed by atoms with E-state index in [0.29, 0.717) is 5.54 Å². The number of hydrogen-bond donors (Lipinski definition) is 1. The number of aromatic nitrogens is 1. The zero-order valence-electron chi connectivity index (χ0n) is 10.5. The molecular weight excluding hydrogens is 244 g/mol. The molecule has 3 heteroatoms. The molecular formula is C15H17ClN2. The van der Waals surface area contributed by atoms with Crippen LogP contribution in [0.25, 0.3) is 10.9 Å². The third-order valence-corrected chi connectivity index (χ3v) is 4.29. The molecule has 0 saturated heterocycles. The second-order valence-corrected chi connectivity index (χ2v) is 5.78. The Bertz CT molecular complexity index is 576. The lowest BCUT2D eigenvalue weighted by atomic mass is 9.78. The van der Waals surface area contributed by atoms with E-state index in [0.717, 1.165) is 22.5 Å². The molecule has 0 aliphatic heterocycles. The fourth-order valence-electron chi connectivity index (χ4n) is 2.53. The molecule has 1 N–H and O–H groups in total. The minimum absolute atomic E-state index is 0.320. The Labute approximate surface area is 112 Å². The summed E-state index contributed by atoms with van der Waals surface area (Å²) < 4.78 is 0. The number of rotatable bonds is 3. The maximum Gasteiger partial charge on any atom is 0.0761 e. The molecule has 3 rings (SSSR count). The van der Waals surface area contributed by atoms with Crippen LogP contribution in [0.2, 0.25) is 5.02 Å². The van der Waals surface area contributed by atoms with Crippen molar-refractivity contribution in [1.82, 2.24) is 10.3 Å². The molecule has 0 bridgehead atoms. The van der Waals surface area contributed by atoms with Crippen molar-refractivity contribution in [3.8, 4) is 0 Å². The molecule has 2 nitrogen and oxygen atoms in total. The van der Waals surface area contributed by atoms with Crippen molar-refractivity contribution in [2.75, 3.05) is 0 Å². The number of halogens is 1. The molecule has 18 heavy (non-hydrogen) atoms. The van der Waals surface area contributed by atoms with Gasteiger partial charge >= 0.3 is 0 Å². The van der Waals surface area contributed by atoms with Crippen LogP contribution >= 0.6 is 11.6 Å². The third-order valence-electron chi connectivity index (χ3n) is 3.96. The molecule has 0 spiro atoms. The predicted octanol–water partition coefficient (Wildman–Crippen LogP) is 3.92. The van der Waals surface area contributed by atoms with Gasteiger partial charge in [0.15, 0.2) is 0 Å². The van der Waals surface area contributed by atoms with E-state index in [1.54, 1.807) is 0 Å². The van der Waals surface area contributed by atoms with E-state index in [1.807, 2.05) is 24.4 Å². The summed E-state index contributed by atoms with van der Waals surface area (Å²) in [5.74, 6) is 0. The standard InChI is InChI=1S/C15H17ClN2/c1-15(7-3-8-15)18-10-11-5-6-13(16)12-4-2-9-17-14(11)12/h2,4-6,9,18H,3,7-8,10H2,1H3. The first kappa shape index (κ1) is 11.9. The van der Waals surface area contributed by atoms with Crippen LogP contribution in [0.4, 0.5) is 0 Å². The number of nitrogens with one attached hydrogen (secondary N) is 1. The average molecular weight is 261 g/mol. The maximum absolute atomic E-state index is 6.20. The quantitative estimate of drug-likeness (QED) is 0.905. The van der Waals surface area contributed by atoms with Gasteiger partial charge in [-0.15, -0.1) is 0 Å². The number of pyridine rings is 1. The van der Waals surface area contributed by atoms with E-state index in [2.05, 4.69) is 23.3 Å². The van der Waals surface area contributed by atoms with Gasteiger partial charge in [0.05, 0.1) is 5.52 Å². The van der Waals surface area contributed by atoms with Crippen LogP contribution in [0.3, 0.4) is 0 Å². The van der Waals surface area contributed by atoms with Gasteiger partial charge in [-0.3, -0.25) is 4.98 Å². The Hall–Kier alpha value is -1.12. The number of benzene rings is 1. The molecule has 2 aromatic rings. The molecule has 1 aliphatic rings. The Morgan fingerprint density at radius 3 is 2.89 bits per heavy atom. The highest BCUT2D eigenvalue weighted by Gasteiger charge is 2.30. The van der Waals surface area contributed by atoms with Crippen LogP contribution in [0.5, 0.6) is 0 Å². The van der Waals surface area contributed by atoms with Crippen molar-refractivity contribution in [3.63, 3.8) is 0 Å². The summed E-state index contributed by atoms with van der Waals surface area (Å²) in [5.41, 5.74) is 2.56. The summed E-state index contributed by atoms with van der Waals surface area (Å²) in [6, 6.07) is 8.00. The molecule has 1 fully saturated rings. The van der Waals surface area contributed by atoms with E-state index in [9.17, 15) is 0 Å². The lowest BCUT2D eigenvalue weighted by Gasteiger charge is -2.39. The maximum atomic E-state index is 6.20. The van der Waals surface area contributed by atoms with Crippen LogP contribution in [0, 0.1) is 0 Å². The van der Waals surface area contributed by atoms with Crippen molar-refractivity contribution >= 4 is 22.5 Å². The molecule has 1 saturated carbocycles. The number of hydrogen-bond acceptors (Lipinski definition) is 2. The van der Waals surface area contributed by atoms with Crippen LogP contribution in [0.1, 0.15) is 31.7 Å². The van der Waals surface area contributed by atoms with Crippen molar-refractivity contribution in [3.05, 3.63) is 41.0 Å². The van der Waals surface area contributed by atoms with Gasteiger partial charge in [0.1, 0.15) is 0 Å². The molecule has 94 valence electrons. The summed E-state index contributed by atoms with van der Waals surface area (Å²) in [6.07, 6.45) is 5.70. The smallest absolute Gasteiger partial charge is 0.0761 e. The molecule has 1 aromatic heterocycles. The molecule has 0 atom stereocenters. The molecule has 0 amide bonds. The van der Waals surface area contributed by atoms with Gasteiger partial charge in [0.25, 0.3) is 0 Å². The summed E-state index contributed by atoms with van der Waals surface area (Å²) in [6.45, 7) is 3.16. The normalized spacial score (nSPS) is 17.7. The fourth-order valence-corrected chi connectivity index (χ4v) is 2.75. The summed E-state index contributed by atoms with van der Waals surface area (Å²) in [4.78, 5) is 4.46. The number of fused-ring (bicyclic) bond motifs is 1. The molecule has 1 aliphatic carbocycles. The van der Waals surface area contributed by atoms with Crippen molar-refractivity contribution in [1.29, 1.82) is 0 Å². The first-order valence-corrected chi connectivity index (χ1v) is 6.83. The Kier molecular flexibility index (Phi) is 3.00. The minimum atomic E-state index is 0.320. The van der Waals surface area contributed by atoms with Gasteiger partial charge in [-0.25, -0.2) is 0 Å². The van der Waals surface area contributed by atoms with Crippen LogP contribution < -0.4 is 5.32 Å². The Morgan fingerprint density at radius 2 is 2.17 bits per heavy atom. The monoisotopic (exact) mass is 260 g/mol. The zero-order valence-corrected chi connectivity index (χ0v) is 11.3. The van der Waals surface area contributed by atoms with Gasteiger partial charge in [0.2, 0.25) is 0 Å². The summed E-state index contributed by atoms with van der Waals surface area (Å²) >= 11 is 6.20. The van der Waals surface area contributed by atoms with E-state index in [1.165, 1.54) is 24.8 Å². The second kappa shape index (κ2) is 4.52. The zero-order chi connectivity index (χ0) is 12.6. The second-order valence-electron chi connectivity index (χ2n) is 5.37. The van der Waals surface area contributed by atoms with Gasteiger partial charge in [-0.1, -0.05) is 17.7 Å². The third kappa shape index (κ3) is 2.11. The molecule has 0 radical (unpaired) electrons. The van der Waals surface area contributed by atoms with E-state index >= 15 is 0 Å². The van der Waals surface area contributed by atoms with Gasteiger partial charge in [-0.05, 0) is 49.9 Å². The van der Waals surface area contributed by atoms with Crippen molar-refractivity contribution in [2.45, 2.75) is 38.3 Å². The van der Waals surface area contributed by atoms with Crippen molar-refractivity contribution < 1.29 is 0 Å². The van der Waals surface area contributed by atoms with Crippen LogP contribution in [0.15, 0.2) is 30.5 Å². The Balaban J connectivity index is 1.90. The fraction of sp³-hybridized carbons (Fsp3) is 0.400. The highest BCUT2D eigenvalue weighted by Crippen LogP contribution is 2.32. The largest absolute Gasteiger partial charge is 0.307 e. The number of nitrogens with zero attached hydrogens (tertiary/aromatic N) is 1. The van der Waals surface area contributed by atoms with E-state index < -0.39 is 0 Å². The van der Waals surface area contributed by atoms with Crippen LogP contribution in [-0.2, 0) is 6.54 Å². The topological polar surface area (TPSA) is 24.9 Å². The molecule has 1 heterocycles. The summed E-state index contributed by atoms with van der Waals surface area (Å²) in [7, 11) is 0. The van der Waals surface area contributed by atoms with Crippen LogP contribution in [-0.4, -0.2) is 10.5 Å². The minimum Gasteiger partial charge on any atom is -0.307 e. The first-order chi connectivity index (χ1) is 8.68. The first-order valence-electron chi connectivity index (χ1n) is 6.45. The lowest BCUT2D eigenvalue weighted by Crippen LogP contribution is -2.47. The SMILES string of the molecule is CC1(NCc2ccc(Cl)c3cccnc23)CCC1. The highest BCUT2D eigenvalue weighted by atomic mass is 35.5. The Morgan fingerprint density at radius 1 is 1.33 bits per heavy atom. The van der Waals surface area contributed by atoms with E-state index in [-0.39, 0.29) is 0 Å². The van der Waals surface area contributed by atoms with Gasteiger partial charge in [-0.2, -0.15) is 0 Å².